The predicted octanol–water partition coefficient (Wildman–Crippen LogP) is 4.71. The van der Waals surface area contributed by atoms with Gasteiger partial charge in [0.2, 0.25) is 0 Å². The molecule has 0 saturated heterocycles. The highest BCUT2D eigenvalue weighted by Gasteiger charge is 2.18. The molecule has 2 unspecified atom stereocenters. The van der Waals surface area contributed by atoms with Crippen molar-refractivity contribution >= 4 is 0 Å². The molecule has 0 aliphatic heterocycles. The van der Waals surface area contributed by atoms with Gasteiger partial charge in [-0.1, -0.05) is 41.5 Å². The average Bonchev–Trinajstić information content (AvgIpc) is 2.45. The highest BCUT2D eigenvalue weighted by atomic mass is 16.3. The first-order valence-electron chi connectivity index (χ1n) is 8.39. The molecule has 0 heterocycles. The van der Waals surface area contributed by atoms with Gasteiger partial charge in [0.15, 0.2) is 0 Å². The van der Waals surface area contributed by atoms with E-state index in [1.54, 1.807) is 0 Å². The van der Waals surface area contributed by atoms with Crippen LogP contribution in [-0.2, 0) is 0 Å². The van der Waals surface area contributed by atoms with Crippen LogP contribution in [0.5, 0.6) is 0 Å². The molecule has 1 rings (SSSR count). The third kappa shape index (κ3) is 6.76. The first kappa shape index (κ1) is 18.9. The number of rotatable bonds is 2. The highest BCUT2D eigenvalue weighted by molar-refractivity contribution is 5.14. The highest BCUT2D eigenvalue weighted by Crippen LogP contribution is 2.25. The molecule has 0 spiro atoms. The lowest BCUT2D eigenvalue weighted by molar-refractivity contribution is 0.163. The van der Waals surface area contributed by atoms with Gasteiger partial charge in [0, 0.05) is 5.92 Å². The minimum atomic E-state index is -0.555. The molecule has 0 amide bonds. The molecule has 2 nitrogen and oxygen atoms in total. The molecule has 1 aliphatic carbocycles. The Morgan fingerprint density at radius 2 is 1.73 bits per heavy atom. The maximum atomic E-state index is 10.5. The summed E-state index contributed by atoms with van der Waals surface area (Å²) in [6, 6.07) is 0. The smallest absolute Gasteiger partial charge is 0.0789 e. The SMILES string of the molecule is C=C(C)C1CC/C(C)=C\CC/C(C)=C/CC/C(CO)=C/C1O. The minimum Gasteiger partial charge on any atom is -0.392 e. The lowest BCUT2D eigenvalue weighted by Gasteiger charge is -2.22. The van der Waals surface area contributed by atoms with Crippen LogP contribution in [0.3, 0.4) is 0 Å². The van der Waals surface area contributed by atoms with Crippen LogP contribution in [0.25, 0.3) is 0 Å². The topological polar surface area (TPSA) is 40.5 Å². The van der Waals surface area contributed by atoms with Crippen LogP contribution in [0.15, 0.2) is 47.1 Å². The second-order valence-electron chi connectivity index (χ2n) is 6.64. The van der Waals surface area contributed by atoms with Crippen molar-refractivity contribution in [2.24, 2.45) is 5.92 Å². The Kier molecular flexibility index (Phi) is 8.44. The van der Waals surface area contributed by atoms with E-state index in [1.807, 2.05) is 13.0 Å². The van der Waals surface area contributed by atoms with Crippen LogP contribution in [0, 0.1) is 5.92 Å². The van der Waals surface area contributed by atoms with Crippen molar-refractivity contribution in [3.05, 3.63) is 47.1 Å². The van der Waals surface area contributed by atoms with E-state index in [1.165, 1.54) is 11.1 Å². The predicted molar refractivity (Wildman–Crippen MR) is 94.7 cm³/mol. The summed E-state index contributed by atoms with van der Waals surface area (Å²) in [4.78, 5) is 0. The number of allylic oxidation sites excluding steroid dienone is 4. The molecule has 1 aliphatic rings. The maximum Gasteiger partial charge on any atom is 0.0789 e. The summed E-state index contributed by atoms with van der Waals surface area (Å²) in [5, 5.41) is 20.0. The van der Waals surface area contributed by atoms with Crippen LogP contribution >= 0.6 is 0 Å². The van der Waals surface area contributed by atoms with E-state index in [-0.39, 0.29) is 12.5 Å². The lowest BCUT2D eigenvalue weighted by Crippen LogP contribution is -2.20. The van der Waals surface area contributed by atoms with E-state index in [2.05, 4.69) is 32.6 Å². The summed E-state index contributed by atoms with van der Waals surface area (Å²) >= 11 is 0. The molecule has 0 radical (unpaired) electrons. The molecule has 0 fully saturated rings. The lowest BCUT2D eigenvalue weighted by atomic mass is 9.87. The van der Waals surface area contributed by atoms with Crippen molar-refractivity contribution in [3.8, 4) is 0 Å². The Hall–Kier alpha value is -1.12. The van der Waals surface area contributed by atoms with Crippen LogP contribution in [0.2, 0.25) is 0 Å². The average molecular weight is 304 g/mol. The van der Waals surface area contributed by atoms with E-state index in [0.717, 1.165) is 49.7 Å². The summed E-state index contributed by atoms with van der Waals surface area (Å²) in [7, 11) is 0. The summed E-state index contributed by atoms with van der Waals surface area (Å²) in [5.74, 6) is 0.0603. The van der Waals surface area contributed by atoms with Crippen LogP contribution in [0.1, 0.15) is 59.3 Å². The van der Waals surface area contributed by atoms with Gasteiger partial charge in [-0.05, 0) is 64.9 Å². The fourth-order valence-corrected chi connectivity index (χ4v) is 2.92. The molecule has 124 valence electrons. The first-order chi connectivity index (χ1) is 10.4. The first-order valence-corrected chi connectivity index (χ1v) is 8.39. The summed E-state index contributed by atoms with van der Waals surface area (Å²) in [6.45, 7) is 10.4. The Balaban J connectivity index is 2.96. The van der Waals surface area contributed by atoms with Crippen molar-refractivity contribution in [2.75, 3.05) is 6.61 Å². The fraction of sp³-hybridized carbons (Fsp3) is 0.600. The minimum absolute atomic E-state index is 0.0196. The van der Waals surface area contributed by atoms with Crippen LogP contribution in [-0.4, -0.2) is 22.9 Å². The monoisotopic (exact) mass is 304 g/mol. The quantitative estimate of drug-likeness (QED) is 0.726. The van der Waals surface area contributed by atoms with Gasteiger partial charge in [-0.15, -0.1) is 0 Å². The van der Waals surface area contributed by atoms with Crippen molar-refractivity contribution in [1.82, 2.24) is 0 Å². The molecule has 0 saturated carbocycles. The third-order valence-electron chi connectivity index (χ3n) is 4.49. The van der Waals surface area contributed by atoms with Crippen LogP contribution in [0.4, 0.5) is 0 Å². The van der Waals surface area contributed by atoms with Crippen LogP contribution < -0.4 is 0 Å². The fourth-order valence-electron chi connectivity index (χ4n) is 2.92. The zero-order chi connectivity index (χ0) is 16.5. The molecular formula is C20H32O2. The van der Waals surface area contributed by atoms with Gasteiger partial charge in [-0.3, -0.25) is 0 Å². The molecule has 2 N–H and O–H groups in total. The van der Waals surface area contributed by atoms with Gasteiger partial charge >= 0.3 is 0 Å². The van der Waals surface area contributed by atoms with Gasteiger partial charge in [0.05, 0.1) is 12.7 Å². The van der Waals surface area contributed by atoms with E-state index < -0.39 is 6.10 Å². The molecular weight excluding hydrogens is 272 g/mol. The zero-order valence-electron chi connectivity index (χ0n) is 14.4. The van der Waals surface area contributed by atoms with E-state index in [4.69, 9.17) is 0 Å². The van der Waals surface area contributed by atoms with Crippen molar-refractivity contribution < 1.29 is 10.2 Å². The van der Waals surface area contributed by atoms with E-state index in [0.29, 0.717) is 0 Å². The van der Waals surface area contributed by atoms with Crippen molar-refractivity contribution in [3.63, 3.8) is 0 Å². The number of aliphatic hydroxyl groups is 2. The largest absolute Gasteiger partial charge is 0.392 e. The number of aliphatic hydroxyl groups excluding tert-OH is 2. The Morgan fingerprint density at radius 3 is 2.32 bits per heavy atom. The molecule has 0 aromatic rings. The maximum absolute atomic E-state index is 10.5. The van der Waals surface area contributed by atoms with Gasteiger partial charge in [-0.2, -0.15) is 0 Å². The summed E-state index contributed by atoms with van der Waals surface area (Å²) in [6.07, 6.45) is 11.7. The van der Waals surface area contributed by atoms with Crippen molar-refractivity contribution in [1.29, 1.82) is 0 Å². The second-order valence-corrected chi connectivity index (χ2v) is 6.64. The standard InChI is InChI=1S/C20H32O2/c1-15(2)19-12-11-17(4)8-5-7-16(3)9-6-10-18(14-21)13-20(19)22/h8-9,13,19-22H,1,5-7,10-12,14H2,2-4H3/b16-9+,17-8-,18-13-. The Morgan fingerprint density at radius 1 is 1.14 bits per heavy atom. The Bertz CT molecular complexity index is 454. The van der Waals surface area contributed by atoms with Gasteiger partial charge < -0.3 is 10.2 Å². The Labute approximate surface area is 135 Å². The summed E-state index contributed by atoms with van der Waals surface area (Å²) < 4.78 is 0. The zero-order valence-corrected chi connectivity index (χ0v) is 14.4. The number of hydrogen-bond donors (Lipinski definition) is 2. The van der Waals surface area contributed by atoms with E-state index >= 15 is 0 Å². The molecule has 0 aromatic heterocycles. The molecule has 2 heteroatoms. The van der Waals surface area contributed by atoms with Gasteiger partial charge in [-0.25, -0.2) is 0 Å². The van der Waals surface area contributed by atoms with Gasteiger partial charge in [0.1, 0.15) is 0 Å². The molecule has 22 heavy (non-hydrogen) atoms. The normalized spacial score (nSPS) is 32.7. The summed E-state index contributed by atoms with van der Waals surface area (Å²) in [5.41, 5.74) is 4.72. The molecule has 0 bridgehead atoms. The third-order valence-corrected chi connectivity index (χ3v) is 4.49. The van der Waals surface area contributed by atoms with E-state index in [9.17, 15) is 10.2 Å². The molecule has 2 atom stereocenters. The van der Waals surface area contributed by atoms with Gasteiger partial charge in [0.25, 0.3) is 0 Å². The molecule has 0 aromatic carbocycles. The number of hydrogen-bond acceptors (Lipinski definition) is 2. The van der Waals surface area contributed by atoms with Crippen molar-refractivity contribution in [2.45, 2.75) is 65.4 Å². The second kappa shape index (κ2) is 9.81.